The van der Waals surface area contributed by atoms with Gasteiger partial charge in [0.1, 0.15) is 6.54 Å². The Morgan fingerprint density at radius 1 is 0.976 bits per heavy atom. The number of carbonyl (C=O) groups excluding carboxylic acids is 2. The lowest BCUT2D eigenvalue weighted by Crippen LogP contribution is -2.45. The standard InChI is InChI=1S/C32H34ClN5O3/c1-23-7-13-27(14-8-23)38-21-29(25-9-11-26(33)12-10-25)34-32(38)35-30(39)22-37(16-15-36-17-19-41-20-18-36)31(40)28-6-4-3-5-24(28)2/h3-14,21H,15-20,22H2,1-2H3,(H,34,35,39). The summed E-state index contributed by atoms with van der Waals surface area (Å²) in [6.45, 7) is 7.86. The number of nitrogens with zero attached hydrogens (tertiary/aromatic N) is 4. The topological polar surface area (TPSA) is 79.7 Å². The molecule has 0 radical (unpaired) electrons. The predicted molar refractivity (Wildman–Crippen MR) is 162 cm³/mol. The van der Waals surface area contributed by atoms with Crippen molar-refractivity contribution in [3.05, 3.63) is 101 Å². The first-order chi connectivity index (χ1) is 19.9. The van der Waals surface area contributed by atoms with Crippen LogP contribution in [0.4, 0.5) is 5.95 Å². The second kappa shape index (κ2) is 13.1. The summed E-state index contributed by atoms with van der Waals surface area (Å²) in [5, 5.41) is 3.61. The molecule has 0 spiro atoms. The largest absolute Gasteiger partial charge is 0.379 e. The van der Waals surface area contributed by atoms with Crippen LogP contribution in [0.5, 0.6) is 0 Å². The summed E-state index contributed by atoms with van der Waals surface area (Å²) in [7, 11) is 0. The summed E-state index contributed by atoms with van der Waals surface area (Å²) in [4.78, 5) is 35.8. The highest BCUT2D eigenvalue weighted by Gasteiger charge is 2.23. The molecule has 1 N–H and O–H groups in total. The fourth-order valence-electron chi connectivity index (χ4n) is 4.79. The van der Waals surface area contributed by atoms with E-state index in [9.17, 15) is 9.59 Å². The van der Waals surface area contributed by atoms with E-state index in [-0.39, 0.29) is 18.4 Å². The van der Waals surface area contributed by atoms with Crippen molar-refractivity contribution in [2.45, 2.75) is 13.8 Å². The Balaban J connectivity index is 1.39. The highest BCUT2D eigenvalue weighted by Crippen LogP contribution is 2.26. The number of ether oxygens (including phenoxy) is 1. The van der Waals surface area contributed by atoms with Gasteiger partial charge in [-0.15, -0.1) is 0 Å². The number of nitrogens with one attached hydrogen (secondary N) is 1. The number of amides is 2. The Morgan fingerprint density at radius 3 is 2.39 bits per heavy atom. The number of carbonyl (C=O) groups is 2. The molecule has 5 rings (SSSR count). The lowest BCUT2D eigenvalue weighted by Gasteiger charge is -2.30. The third-order valence-corrected chi connectivity index (χ3v) is 7.45. The minimum absolute atomic E-state index is 0.103. The van der Waals surface area contributed by atoms with Gasteiger partial charge >= 0.3 is 0 Å². The normalized spacial score (nSPS) is 13.6. The SMILES string of the molecule is Cc1ccc(-n2cc(-c3ccc(Cl)cc3)nc2NC(=O)CN(CCN2CCOCC2)C(=O)c2ccccc2C)cc1. The van der Waals surface area contributed by atoms with Crippen LogP contribution in [0.1, 0.15) is 21.5 Å². The number of morpholine rings is 1. The van der Waals surface area contributed by atoms with Crippen molar-refractivity contribution in [1.82, 2.24) is 19.4 Å². The van der Waals surface area contributed by atoms with E-state index in [0.717, 1.165) is 35.5 Å². The molecular formula is C32H34ClN5O3. The van der Waals surface area contributed by atoms with Gasteiger partial charge in [0.05, 0.1) is 18.9 Å². The van der Waals surface area contributed by atoms with Crippen LogP contribution in [0.15, 0.2) is 79.0 Å². The fourth-order valence-corrected chi connectivity index (χ4v) is 4.92. The first-order valence-electron chi connectivity index (χ1n) is 13.7. The molecule has 0 aliphatic carbocycles. The van der Waals surface area contributed by atoms with Crippen LogP contribution in [0.25, 0.3) is 16.9 Å². The maximum absolute atomic E-state index is 13.6. The van der Waals surface area contributed by atoms with Gasteiger partial charge in [0.2, 0.25) is 11.9 Å². The summed E-state index contributed by atoms with van der Waals surface area (Å²) in [6.07, 6.45) is 1.89. The Hall–Kier alpha value is -3.98. The summed E-state index contributed by atoms with van der Waals surface area (Å²) in [5.41, 5.74) is 5.02. The van der Waals surface area contributed by atoms with Crippen molar-refractivity contribution in [2.75, 3.05) is 51.3 Å². The highest BCUT2D eigenvalue weighted by atomic mass is 35.5. The van der Waals surface area contributed by atoms with Gasteiger partial charge in [-0.3, -0.25) is 24.4 Å². The second-order valence-electron chi connectivity index (χ2n) is 10.2. The van der Waals surface area contributed by atoms with Gasteiger partial charge in [0.15, 0.2) is 0 Å². The molecule has 0 atom stereocenters. The predicted octanol–water partition coefficient (Wildman–Crippen LogP) is 5.22. The van der Waals surface area contributed by atoms with E-state index < -0.39 is 0 Å². The average molecular weight is 572 g/mol. The first-order valence-corrected chi connectivity index (χ1v) is 14.1. The molecular weight excluding hydrogens is 538 g/mol. The van der Waals surface area contributed by atoms with Crippen LogP contribution in [0.2, 0.25) is 5.02 Å². The van der Waals surface area contributed by atoms with Crippen molar-refractivity contribution in [3.63, 3.8) is 0 Å². The van der Waals surface area contributed by atoms with Crippen molar-refractivity contribution < 1.29 is 14.3 Å². The number of imidazole rings is 1. The summed E-state index contributed by atoms with van der Waals surface area (Å²) < 4.78 is 7.31. The van der Waals surface area contributed by atoms with E-state index in [1.807, 2.05) is 91.3 Å². The molecule has 1 fully saturated rings. The number of rotatable bonds is 9. The van der Waals surface area contributed by atoms with Crippen LogP contribution in [0.3, 0.4) is 0 Å². The zero-order valence-corrected chi connectivity index (χ0v) is 24.1. The molecule has 8 nitrogen and oxygen atoms in total. The van der Waals surface area contributed by atoms with Gasteiger partial charge in [-0.2, -0.15) is 0 Å². The summed E-state index contributed by atoms with van der Waals surface area (Å²) >= 11 is 6.09. The van der Waals surface area contributed by atoms with E-state index in [2.05, 4.69) is 10.2 Å². The van der Waals surface area contributed by atoms with E-state index in [1.165, 1.54) is 0 Å². The number of aryl methyl sites for hydroxylation is 2. The average Bonchev–Trinajstić information content (AvgIpc) is 3.40. The number of benzene rings is 3. The van der Waals surface area contributed by atoms with E-state index in [1.54, 1.807) is 11.0 Å². The van der Waals surface area contributed by atoms with Gasteiger partial charge in [-0.1, -0.05) is 59.6 Å². The quantitative estimate of drug-likeness (QED) is 0.298. The monoisotopic (exact) mass is 571 g/mol. The first kappa shape index (κ1) is 28.5. The number of aromatic nitrogens is 2. The molecule has 0 bridgehead atoms. The molecule has 212 valence electrons. The van der Waals surface area contributed by atoms with E-state index in [0.29, 0.717) is 48.5 Å². The maximum atomic E-state index is 13.6. The van der Waals surface area contributed by atoms with E-state index >= 15 is 0 Å². The Morgan fingerprint density at radius 2 is 1.68 bits per heavy atom. The van der Waals surface area contributed by atoms with Crippen molar-refractivity contribution in [1.29, 1.82) is 0 Å². The van der Waals surface area contributed by atoms with Gasteiger partial charge < -0.3 is 9.64 Å². The highest BCUT2D eigenvalue weighted by molar-refractivity contribution is 6.30. The van der Waals surface area contributed by atoms with Crippen molar-refractivity contribution in [2.24, 2.45) is 0 Å². The van der Waals surface area contributed by atoms with Crippen LogP contribution < -0.4 is 5.32 Å². The maximum Gasteiger partial charge on any atom is 0.254 e. The lowest BCUT2D eigenvalue weighted by atomic mass is 10.1. The molecule has 41 heavy (non-hydrogen) atoms. The lowest BCUT2D eigenvalue weighted by molar-refractivity contribution is -0.117. The van der Waals surface area contributed by atoms with Gasteiger partial charge in [0, 0.05) is 54.2 Å². The smallest absolute Gasteiger partial charge is 0.254 e. The number of hydrogen-bond donors (Lipinski definition) is 1. The third kappa shape index (κ3) is 7.21. The van der Waals surface area contributed by atoms with E-state index in [4.69, 9.17) is 21.3 Å². The van der Waals surface area contributed by atoms with Crippen LogP contribution in [0, 0.1) is 13.8 Å². The number of hydrogen-bond acceptors (Lipinski definition) is 5. The zero-order valence-electron chi connectivity index (χ0n) is 23.3. The molecule has 9 heteroatoms. The van der Waals surface area contributed by atoms with Crippen LogP contribution >= 0.6 is 11.6 Å². The zero-order chi connectivity index (χ0) is 28.8. The Kier molecular flexibility index (Phi) is 9.14. The van der Waals surface area contributed by atoms with Gasteiger partial charge in [-0.05, 0) is 49.7 Å². The molecule has 2 amide bonds. The van der Waals surface area contributed by atoms with Crippen LogP contribution in [-0.2, 0) is 9.53 Å². The summed E-state index contributed by atoms with van der Waals surface area (Å²) in [6, 6.07) is 22.8. The minimum atomic E-state index is -0.324. The molecule has 1 aliphatic rings. The van der Waals surface area contributed by atoms with Crippen LogP contribution in [-0.4, -0.2) is 77.1 Å². The second-order valence-corrected chi connectivity index (χ2v) is 10.6. The Bertz CT molecular complexity index is 1490. The molecule has 4 aromatic rings. The van der Waals surface area contributed by atoms with Gasteiger partial charge in [0.25, 0.3) is 5.91 Å². The molecule has 3 aromatic carbocycles. The number of halogens is 1. The molecule has 1 saturated heterocycles. The summed E-state index contributed by atoms with van der Waals surface area (Å²) in [5.74, 6) is -0.119. The molecule has 2 heterocycles. The molecule has 0 saturated carbocycles. The Labute approximate surface area is 245 Å². The van der Waals surface area contributed by atoms with Gasteiger partial charge in [-0.25, -0.2) is 4.98 Å². The van der Waals surface area contributed by atoms with Crippen molar-refractivity contribution >= 4 is 29.4 Å². The third-order valence-electron chi connectivity index (χ3n) is 7.20. The van der Waals surface area contributed by atoms with Crippen molar-refractivity contribution in [3.8, 4) is 16.9 Å². The molecule has 0 unspecified atom stereocenters. The number of anilines is 1. The fraction of sp³-hybridized carbons (Fsp3) is 0.281. The molecule has 1 aromatic heterocycles. The molecule has 1 aliphatic heterocycles. The minimum Gasteiger partial charge on any atom is -0.379 e.